The smallest absolute Gasteiger partial charge is 0.328 e. The van der Waals surface area contributed by atoms with E-state index in [9.17, 15) is 14.4 Å². The molecule has 4 N–H and O–H groups in total. The Bertz CT molecular complexity index is 812. The lowest BCUT2D eigenvalue weighted by molar-refractivity contribution is -0.142. The molecule has 1 aromatic carbocycles. The number of carbonyl (C=O) groups excluding carboxylic acids is 1. The molecule has 7 heteroatoms. The Hall–Kier alpha value is -2.93. The van der Waals surface area contributed by atoms with E-state index < -0.39 is 30.5 Å². The van der Waals surface area contributed by atoms with Gasteiger partial charge in [0.1, 0.15) is 0 Å². The van der Waals surface area contributed by atoms with E-state index in [1.807, 2.05) is 39.0 Å². The van der Waals surface area contributed by atoms with Crippen LogP contribution >= 0.6 is 0 Å². The summed E-state index contributed by atoms with van der Waals surface area (Å²) in [4.78, 5) is 33.9. The predicted octanol–water partition coefficient (Wildman–Crippen LogP) is 2.73. The number of allylic oxidation sites excluding steroid dienone is 1. The Kier molecular flexibility index (Phi) is 9.28. The summed E-state index contributed by atoms with van der Waals surface area (Å²) in [6.07, 6.45) is 5.18. The van der Waals surface area contributed by atoms with Crippen LogP contribution in [0.3, 0.4) is 0 Å². The zero-order chi connectivity index (χ0) is 22.1. The summed E-state index contributed by atoms with van der Waals surface area (Å²) in [6, 6.07) is 4.56. The molecular weight excluding hydrogens is 374 g/mol. The number of aliphatic hydroxyl groups excluding tert-OH is 1. The summed E-state index contributed by atoms with van der Waals surface area (Å²) in [6.45, 7) is 6.85. The molecule has 0 unspecified atom stereocenters. The number of benzene rings is 1. The molecule has 0 saturated carbocycles. The lowest BCUT2D eigenvalue weighted by Crippen LogP contribution is -2.43. The van der Waals surface area contributed by atoms with Crippen LogP contribution in [0.1, 0.15) is 49.8 Å². The largest absolute Gasteiger partial charge is 0.480 e. The SMILES string of the molecule is CC(=C[C@@H](C)C[C@@H](C)c1ccc(C)cc1C=CC(=O)O)C(=O)N[C@@H](CO)C(=O)O. The first kappa shape index (κ1) is 24.1. The first-order valence-electron chi connectivity index (χ1n) is 9.39. The summed E-state index contributed by atoms with van der Waals surface area (Å²) in [5.74, 6) is -2.71. The molecule has 1 rings (SSSR count). The van der Waals surface area contributed by atoms with Gasteiger partial charge in [0.25, 0.3) is 0 Å². The fourth-order valence-electron chi connectivity index (χ4n) is 3.16. The topological polar surface area (TPSA) is 124 Å². The zero-order valence-electron chi connectivity index (χ0n) is 17.2. The number of aliphatic hydroxyl groups is 1. The van der Waals surface area contributed by atoms with Gasteiger partial charge >= 0.3 is 11.9 Å². The van der Waals surface area contributed by atoms with Crippen LogP contribution in [-0.4, -0.2) is 45.8 Å². The van der Waals surface area contributed by atoms with Crippen molar-refractivity contribution in [2.24, 2.45) is 5.92 Å². The van der Waals surface area contributed by atoms with Gasteiger partial charge in [-0.05, 0) is 49.3 Å². The molecule has 0 fully saturated rings. The molecule has 0 saturated heterocycles. The highest BCUT2D eigenvalue weighted by molar-refractivity contribution is 5.95. The van der Waals surface area contributed by atoms with Gasteiger partial charge in [-0.1, -0.05) is 43.7 Å². The van der Waals surface area contributed by atoms with Crippen LogP contribution in [0.15, 0.2) is 35.9 Å². The van der Waals surface area contributed by atoms with Crippen LogP contribution in [-0.2, 0) is 14.4 Å². The van der Waals surface area contributed by atoms with Gasteiger partial charge in [0, 0.05) is 11.6 Å². The minimum absolute atomic E-state index is 0.0192. The van der Waals surface area contributed by atoms with Gasteiger partial charge in [0.15, 0.2) is 6.04 Å². The van der Waals surface area contributed by atoms with Crippen LogP contribution in [0.25, 0.3) is 6.08 Å². The van der Waals surface area contributed by atoms with Crippen molar-refractivity contribution in [3.63, 3.8) is 0 Å². The van der Waals surface area contributed by atoms with Gasteiger partial charge in [0.2, 0.25) is 5.91 Å². The monoisotopic (exact) mass is 403 g/mol. The van der Waals surface area contributed by atoms with E-state index in [4.69, 9.17) is 15.3 Å². The number of hydrogen-bond acceptors (Lipinski definition) is 4. The Labute approximate surface area is 170 Å². The molecular formula is C22H29NO6. The Morgan fingerprint density at radius 1 is 1.17 bits per heavy atom. The van der Waals surface area contributed by atoms with E-state index in [1.54, 1.807) is 19.1 Å². The van der Waals surface area contributed by atoms with Crippen LogP contribution in [0.2, 0.25) is 0 Å². The number of carbonyl (C=O) groups is 3. The van der Waals surface area contributed by atoms with E-state index in [0.717, 1.165) is 22.8 Å². The fraction of sp³-hybridized carbons (Fsp3) is 0.409. The van der Waals surface area contributed by atoms with Crippen LogP contribution in [0, 0.1) is 12.8 Å². The van der Waals surface area contributed by atoms with Crippen LogP contribution in [0.5, 0.6) is 0 Å². The second-order valence-corrected chi connectivity index (χ2v) is 7.31. The standard InChI is InChI=1S/C22H29NO6/c1-13-5-7-18(17(11-13)6-8-20(25)26)15(3)9-14(2)10-16(4)21(27)23-19(12-24)22(28)29/h5-8,10-11,14-15,19,24H,9,12H2,1-4H3,(H,23,27)(H,25,26)(H,28,29)/t14-,15+,19-/m0/s1. The quantitative estimate of drug-likeness (QED) is 0.445. The molecule has 7 nitrogen and oxygen atoms in total. The van der Waals surface area contributed by atoms with Crippen molar-refractivity contribution in [1.29, 1.82) is 0 Å². The lowest BCUT2D eigenvalue weighted by atomic mass is 9.87. The van der Waals surface area contributed by atoms with Gasteiger partial charge in [-0.2, -0.15) is 0 Å². The van der Waals surface area contributed by atoms with E-state index in [-0.39, 0.29) is 11.8 Å². The molecule has 0 spiro atoms. The van der Waals surface area contributed by atoms with E-state index >= 15 is 0 Å². The zero-order valence-corrected chi connectivity index (χ0v) is 17.2. The highest BCUT2D eigenvalue weighted by atomic mass is 16.4. The van der Waals surface area contributed by atoms with Crippen LogP contribution < -0.4 is 5.32 Å². The third kappa shape index (κ3) is 7.91. The van der Waals surface area contributed by atoms with Crippen molar-refractivity contribution < 1.29 is 29.7 Å². The normalized spacial score (nSPS) is 15.0. The first-order chi connectivity index (χ1) is 13.5. The Morgan fingerprint density at radius 2 is 1.83 bits per heavy atom. The fourth-order valence-corrected chi connectivity index (χ4v) is 3.16. The van der Waals surface area contributed by atoms with Crippen molar-refractivity contribution in [2.45, 2.75) is 46.1 Å². The van der Waals surface area contributed by atoms with Gasteiger partial charge in [-0.15, -0.1) is 0 Å². The molecule has 1 amide bonds. The molecule has 0 radical (unpaired) electrons. The molecule has 0 aliphatic rings. The van der Waals surface area contributed by atoms with Crippen molar-refractivity contribution in [3.8, 4) is 0 Å². The summed E-state index contributed by atoms with van der Waals surface area (Å²) < 4.78 is 0. The second-order valence-electron chi connectivity index (χ2n) is 7.31. The minimum Gasteiger partial charge on any atom is -0.480 e. The maximum Gasteiger partial charge on any atom is 0.328 e. The van der Waals surface area contributed by atoms with E-state index in [1.165, 1.54) is 0 Å². The Morgan fingerprint density at radius 3 is 2.38 bits per heavy atom. The summed E-state index contributed by atoms with van der Waals surface area (Å²) in [7, 11) is 0. The molecule has 0 aliphatic carbocycles. The van der Waals surface area contributed by atoms with Gasteiger partial charge in [-0.25, -0.2) is 9.59 Å². The second kappa shape index (κ2) is 11.2. The van der Waals surface area contributed by atoms with Crippen molar-refractivity contribution in [3.05, 3.63) is 52.6 Å². The highest BCUT2D eigenvalue weighted by Gasteiger charge is 2.20. The number of nitrogens with one attached hydrogen (secondary N) is 1. The maximum absolute atomic E-state index is 12.1. The number of carboxylic acid groups (broad SMARTS) is 2. The number of aryl methyl sites for hydroxylation is 1. The molecule has 0 aromatic heterocycles. The van der Waals surface area contributed by atoms with Crippen LogP contribution in [0.4, 0.5) is 0 Å². The number of hydrogen-bond donors (Lipinski definition) is 4. The number of rotatable bonds is 10. The summed E-state index contributed by atoms with van der Waals surface area (Å²) in [5.41, 5.74) is 3.27. The molecule has 0 heterocycles. The number of amides is 1. The van der Waals surface area contributed by atoms with Crippen molar-refractivity contribution in [2.75, 3.05) is 6.61 Å². The molecule has 3 atom stereocenters. The van der Waals surface area contributed by atoms with E-state index in [0.29, 0.717) is 12.0 Å². The third-order valence-corrected chi connectivity index (χ3v) is 4.58. The lowest BCUT2D eigenvalue weighted by Gasteiger charge is -2.19. The van der Waals surface area contributed by atoms with Gasteiger partial charge in [0.05, 0.1) is 6.61 Å². The van der Waals surface area contributed by atoms with Crippen molar-refractivity contribution in [1.82, 2.24) is 5.32 Å². The minimum atomic E-state index is -1.34. The predicted molar refractivity (Wildman–Crippen MR) is 110 cm³/mol. The molecule has 0 aliphatic heterocycles. The molecule has 1 aromatic rings. The number of carboxylic acids is 2. The highest BCUT2D eigenvalue weighted by Crippen LogP contribution is 2.29. The van der Waals surface area contributed by atoms with Crippen molar-refractivity contribution >= 4 is 23.9 Å². The number of aliphatic carboxylic acids is 2. The van der Waals surface area contributed by atoms with Gasteiger partial charge in [-0.3, -0.25) is 4.79 Å². The molecule has 158 valence electrons. The first-order valence-corrected chi connectivity index (χ1v) is 9.39. The maximum atomic E-state index is 12.1. The average Bonchev–Trinajstić information content (AvgIpc) is 2.63. The summed E-state index contributed by atoms with van der Waals surface area (Å²) in [5, 5.41) is 29.1. The average molecular weight is 403 g/mol. The third-order valence-electron chi connectivity index (χ3n) is 4.58. The summed E-state index contributed by atoms with van der Waals surface area (Å²) >= 11 is 0. The molecule has 0 bridgehead atoms. The van der Waals surface area contributed by atoms with Gasteiger partial charge < -0.3 is 20.6 Å². The Balaban J connectivity index is 2.90. The molecule has 29 heavy (non-hydrogen) atoms. The van der Waals surface area contributed by atoms with E-state index in [2.05, 4.69) is 5.32 Å².